The van der Waals surface area contributed by atoms with Crippen molar-refractivity contribution in [3.8, 4) is 0 Å². The van der Waals surface area contributed by atoms with Gasteiger partial charge in [-0.25, -0.2) is 0 Å². The summed E-state index contributed by atoms with van der Waals surface area (Å²) >= 11 is 0. The summed E-state index contributed by atoms with van der Waals surface area (Å²) in [6.45, 7) is 0. The summed E-state index contributed by atoms with van der Waals surface area (Å²) in [5.41, 5.74) is 10.0. The zero-order valence-electron chi connectivity index (χ0n) is 5.04. The van der Waals surface area contributed by atoms with Crippen LogP contribution in [0, 0.1) is 0 Å². The van der Waals surface area contributed by atoms with Gasteiger partial charge < -0.3 is 16.3 Å². The first-order valence-corrected chi connectivity index (χ1v) is 2.64. The number of hydrogen-bond acceptors (Lipinski definition) is 3. The molecule has 9 heavy (non-hydrogen) atoms. The Morgan fingerprint density at radius 1 is 1.67 bits per heavy atom. The SMILES string of the molecule is NC(=O)CC(N)CC=O. The van der Waals surface area contributed by atoms with Crippen molar-refractivity contribution in [3.05, 3.63) is 0 Å². The third-order valence-electron chi connectivity index (χ3n) is 0.862. The summed E-state index contributed by atoms with van der Waals surface area (Å²) in [5, 5.41) is 0. The molecule has 0 aromatic heterocycles. The lowest BCUT2D eigenvalue weighted by Gasteiger charge is -2.01. The lowest BCUT2D eigenvalue weighted by Crippen LogP contribution is -2.27. The van der Waals surface area contributed by atoms with Gasteiger partial charge in [0.2, 0.25) is 5.91 Å². The van der Waals surface area contributed by atoms with Crippen LogP contribution in [0.5, 0.6) is 0 Å². The molecule has 0 fully saturated rings. The van der Waals surface area contributed by atoms with Crippen molar-refractivity contribution in [2.75, 3.05) is 0 Å². The van der Waals surface area contributed by atoms with E-state index in [2.05, 4.69) is 0 Å². The normalized spacial score (nSPS) is 12.6. The van der Waals surface area contributed by atoms with Crippen LogP contribution >= 0.6 is 0 Å². The van der Waals surface area contributed by atoms with E-state index in [1.807, 2.05) is 0 Å². The molecule has 4 heteroatoms. The Kier molecular flexibility index (Phi) is 3.62. The molecule has 1 amide bonds. The van der Waals surface area contributed by atoms with Gasteiger partial charge in [0, 0.05) is 18.9 Å². The first kappa shape index (κ1) is 8.10. The van der Waals surface area contributed by atoms with E-state index in [4.69, 9.17) is 11.5 Å². The summed E-state index contributed by atoms with van der Waals surface area (Å²) in [6, 6.07) is -0.403. The van der Waals surface area contributed by atoms with E-state index in [1.165, 1.54) is 0 Å². The molecule has 0 saturated carbocycles. The van der Waals surface area contributed by atoms with Gasteiger partial charge in [0.15, 0.2) is 0 Å². The topological polar surface area (TPSA) is 86.2 Å². The van der Waals surface area contributed by atoms with Crippen LogP contribution in [0.4, 0.5) is 0 Å². The molecule has 0 aliphatic rings. The molecule has 0 spiro atoms. The summed E-state index contributed by atoms with van der Waals surface area (Å²) in [5.74, 6) is -0.468. The van der Waals surface area contributed by atoms with Gasteiger partial charge in [-0.2, -0.15) is 0 Å². The highest BCUT2D eigenvalue weighted by Gasteiger charge is 2.03. The van der Waals surface area contributed by atoms with E-state index < -0.39 is 11.9 Å². The molecule has 0 aliphatic heterocycles. The average molecular weight is 130 g/mol. The second-order valence-electron chi connectivity index (χ2n) is 1.83. The molecule has 0 rings (SSSR count). The van der Waals surface area contributed by atoms with Crippen LogP contribution in [-0.2, 0) is 9.59 Å². The third kappa shape index (κ3) is 4.96. The number of amides is 1. The van der Waals surface area contributed by atoms with Gasteiger partial charge in [0.25, 0.3) is 0 Å². The minimum atomic E-state index is -0.468. The molecule has 4 N–H and O–H groups in total. The zero-order chi connectivity index (χ0) is 7.28. The number of carbonyl (C=O) groups excluding carboxylic acids is 2. The number of primary amides is 1. The Morgan fingerprint density at radius 2 is 2.22 bits per heavy atom. The molecule has 0 bridgehead atoms. The Labute approximate surface area is 53.2 Å². The smallest absolute Gasteiger partial charge is 0.218 e. The number of rotatable bonds is 4. The van der Waals surface area contributed by atoms with E-state index in [0.29, 0.717) is 6.29 Å². The zero-order valence-corrected chi connectivity index (χ0v) is 5.04. The molecule has 0 saturated heterocycles. The van der Waals surface area contributed by atoms with E-state index >= 15 is 0 Å². The quantitative estimate of drug-likeness (QED) is 0.467. The number of carbonyl (C=O) groups is 2. The highest BCUT2D eigenvalue weighted by Crippen LogP contribution is 1.88. The lowest BCUT2D eigenvalue weighted by molar-refractivity contribution is -0.118. The Hall–Kier alpha value is -0.900. The maximum Gasteiger partial charge on any atom is 0.218 e. The molecule has 0 radical (unpaired) electrons. The van der Waals surface area contributed by atoms with Crippen LogP contribution in [0.2, 0.25) is 0 Å². The van der Waals surface area contributed by atoms with Crippen LogP contribution in [0.1, 0.15) is 12.8 Å². The van der Waals surface area contributed by atoms with Crippen molar-refractivity contribution in [2.24, 2.45) is 11.5 Å². The third-order valence-corrected chi connectivity index (χ3v) is 0.862. The summed E-state index contributed by atoms with van der Waals surface area (Å²) in [7, 11) is 0. The van der Waals surface area contributed by atoms with Crippen molar-refractivity contribution in [3.63, 3.8) is 0 Å². The highest BCUT2D eigenvalue weighted by atomic mass is 16.1. The standard InChI is InChI=1S/C5H10N2O2/c6-4(1-2-8)3-5(7)9/h2,4H,1,3,6H2,(H2,7,9). The van der Waals surface area contributed by atoms with Crippen LogP contribution in [-0.4, -0.2) is 18.2 Å². The van der Waals surface area contributed by atoms with Crippen molar-refractivity contribution >= 4 is 12.2 Å². The van der Waals surface area contributed by atoms with E-state index in [-0.39, 0.29) is 12.8 Å². The van der Waals surface area contributed by atoms with Gasteiger partial charge in [0.1, 0.15) is 6.29 Å². The summed E-state index contributed by atoms with van der Waals surface area (Å²) < 4.78 is 0. The van der Waals surface area contributed by atoms with Crippen LogP contribution in [0.25, 0.3) is 0 Å². The molecular formula is C5H10N2O2. The molecule has 4 nitrogen and oxygen atoms in total. The molecule has 1 unspecified atom stereocenters. The molecule has 0 aliphatic carbocycles. The fourth-order valence-electron chi connectivity index (χ4n) is 0.465. The van der Waals surface area contributed by atoms with Crippen molar-refractivity contribution in [1.82, 2.24) is 0 Å². The van der Waals surface area contributed by atoms with Crippen molar-refractivity contribution < 1.29 is 9.59 Å². The maximum absolute atomic E-state index is 10.1. The molecule has 0 aromatic rings. The Bertz CT molecular complexity index is 114. The van der Waals surface area contributed by atoms with Gasteiger partial charge in [0.05, 0.1) is 0 Å². The highest BCUT2D eigenvalue weighted by molar-refractivity contribution is 5.74. The number of hydrogen-bond donors (Lipinski definition) is 2. The predicted octanol–water partition coefficient (Wildman–Crippen LogP) is -1.22. The molecule has 0 heterocycles. The number of nitrogens with two attached hydrogens (primary N) is 2. The van der Waals surface area contributed by atoms with Crippen molar-refractivity contribution in [1.29, 1.82) is 0 Å². The van der Waals surface area contributed by atoms with Crippen molar-refractivity contribution in [2.45, 2.75) is 18.9 Å². The minimum absolute atomic E-state index is 0.0821. The lowest BCUT2D eigenvalue weighted by atomic mass is 10.2. The largest absolute Gasteiger partial charge is 0.370 e. The van der Waals surface area contributed by atoms with Gasteiger partial charge in [-0.15, -0.1) is 0 Å². The van der Waals surface area contributed by atoms with Crippen LogP contribution < -0.4 is 11.5 Å². The van der Waals surface area contributed by atoms with Gasteiger partial charge in [-0.1, -0.05) is 0 Å². The fourth-order valence-corrected chi connectivity index (χ4v) is 0.465. The van der Waals surface area contributed by atoms with Crippen LogP contribution in [0.3, 0.4) is 0 Å². The van der Waals surface area contributed by atoms with Gasteiger partial charge in [-0.05, 0) is 0 Å². The monoisotopic (exact) mass is 130 g/mol. The maximum atomic E-state index is 10.1. The van der Waals surface area contributed by atoms with Crippen LogP contribution in [0.15, 0.2) is 0 Å². The molecule has 1 atom stereocenters. The fraction of sp³-hybridized carbons (Fsp3) is 0.600. The first-order chi connectivity index (χ1) is 4.16. The first-order valence-electron chi connectivity index (χ1n) is 2.64. The van der Waals surface area contributed by atoms with E-state index in [9.17, 15) is 9.59 Å². The number of aldehydes is 1. The molecule has 52 valence electrons. The molecular weight excluding hydrogens is 120 g/mol. The second-order valence-corrected chi connectivity index (χ2v) is 1.83. The van der Waals surface area contributed by atoms with E-state index in [0.717, 1.165) is 0 Å². The Balaban J connectivity index is 3.37. The summed E-state index contributed by atoms with van der Waals surface area (Å²) in [6.07, 6.45) is 0.954. The Morgan fingerprint density at radius 3 is 2.56 bits per heavy atom. The van der Waals surface area contributed by atoms with E-state index in [1.54, 1.807) is 0 Å². The minimum Gasteiger partial charge on any atom is -0.370 e. The predicted molar refractivity (Wildman–Crippen MR) is 32.5 cm³/mol. The molecule has 0 aromatic carbocycles. The van der Waals surface area contributed by atoms with Gasteiger partial charge in [-0.3, -0.25) is 4.79 Å². The second kappa shape index (κ2) is 4.03. The average Bonchev–Trinajstić information content (AvgIpc) is 1.63. The summed E-state index contributed by atoms with van der Waals surface area (Å²) in [4.78, 5) is 19.9. The van der Waals surface area contributed by atoms with Gasteiger partial charge >= 0.3 is 0 Å².